The Morgan fingerprint density at radius 1 is 1.12 bits per heavy atom. The predicted octanol–water partition coefficient (Wildman–Crippen LogP) is 2.21. The van der Waals surface area contributed by atoms with E-state index in [2.05, 4.69) is 0 Å². The molecule has 0 radical (unpaired) electrons. The molecule has 1 aliphatic carbocycles. The van der Waals surface area contributed by atoms with Crippen molar-refractivity contribution >= 4 is 11.7 Å². The number of benzene rings is 1. The van der Waals surface area contributed by atoms with Crippen molar-refractivity contribution in [1.29, 1.82) is 0 Å². The van der Waals surface area contributed by atoms with Gasteiger partial charge in [-0.15, -0.1) is 0 Å². The van der Waals surface area contributed by atoms with E-state index in [1.54, 1.807) is 10.0 Å². The molecule has 0 fully saturated rings. The number of ketones is 1. The van der Waals surface area contributed by atoms with E-state index in [0.29, 0.717) is 24.3 Å². The Morgan fingerprint density at radius 3 is 2.71 bits per heavy atom. The molecule has 1 aromatic carbocycles. The van der Waals surface area contributed by atoms with Crippen molar-refractivity contribution in [3.8, 4) is 11.5 Å². The Morgan fingerprint density at radius 2 is 1.92 bits per heavy atom. The minimum absolute atomic E-state index is 0.0242. The van der Waals surface area contributed by atoms with E-state index in [1.165, 1.54) is 0 Å². The van der Waals surface area contributed by atoms with E-state index in [1.807, 2.05) is 32.3 Å². The first-order valence-corrected chi connectivity index (χ1v) is 8.22. The molecule has 2 aliphatic heterocycles. The Bertz CT molecular complexity index is 753. The van der Waals surface area contributed by atoms with Gasteiger partial charge >= 0.3 is 0 Å². The number of carbonyl (C=O) groups is 2. The average Bonchev–Trinajstić information content (AvgIpc) is 3.01. The highest BCUT2D eigenvalue weighted by atomic mass is 16.7. The van der Waals surface area contributed by atoms with Crippen LogP contribution in [0.1, 0.15) is 37.2 Å². The summed E-state index contributed by atoms with van der Waals surface area (Å²) in [5, 5.41) is 3.43. The second kappa shape index (κ2) is 5.63. The minimum Gasteiger partial charge on any atom is -0.454 e. The highest BCUT2D eigenvalue weighted by Crippen LogP contribution is 2.44. The van der Waals surface area contributed by atoms with Crippen LogP contribution in [0.3, 0.4) is 0 Å². The molecule has 0 bridgehead atoms. The number of hydrazine groups is 1. The lowest BCUT2D eigenvalue weighted by Crippen LogP contribution is -2.47. The van der Waals surface area contributed by atoms with Gasteiger partial charge in [0, 0.05) is 44.1 Å². The highest BCUT2D eigenvalue weighted by Gasteiger charge is 2.40. The molecule has 0 spiro atoms. The van der Waals surface area contributed by atoms with Crippen LogP contribution in [0, 0.1) is 0 Å². The molecule has 0 saturated heterocycles. The normalized spacial score (nSPS) is 23.1. The molecule has 1 unspecified atom stereocenters. The van der Waals surface area contributed by atoms with E-state index in [0.717, 1.165) is 29.7 Å². The summed E-state index contributed by atoms with van der Waals surface area (Å²) in [5.74, 6) is 1.36. The monoisotopic (exact) mass is 328 g/mol. The number of hydrogen-bond acceptors (Lipinski definition) is 5. The molecular formula is C18H20N2O4. The number of allylic oxidation sites excluding steroid dienone is 2. The van der Waals surface area contributed by atoms with Gasteiger partial charge in [0.05, 0.1) is 0 Å². The molecule has 6 heteroatoms. The van der Waals surface area contributed by atoms with Crippen LogP contribution in [0.15, 0.2) is 29.5 Å². The van der Waals surface area contributed by atoms with Gasteiger partial charge < -0.3 is 9.47 Å². The van der Waals surface area contributed by atoms with Crippen molar-refractivity contribution < 1.29 is 19.1 Å². The molecule has 0 aromatic heterocycles. The Kier molecular flexibility index (Phi) is 3.57. The number of fused-ring (bicyclic) bond motifs is 1. The zero-order valence-corrected chi connectivity index (χ0v) is 13.9. The number of hydrogen-bond donors (Lipinski definition) is 0. The van der Waals surface area contributed by atoms with E-state index in [-0.39, 0.29) is 24.4 Å². The molecule has 2 heterocycles. The summed E-state index contributed by atoms with van der Waals surface area (Å²) < 4.78 is 10.8. The van der Waals surface area contributed by atoms with Crippen LogP contribution < -0.4 is 9.47 Å². The number of Topliss-reactive ketones (excluding diaryl/α,β-unsaturated/α-hetero) is 1. The third-order valence-electron chi connectivity index (χ3n) is 4.85. The van der Waals surface area contributed by atoms with Crippen molar-refractivity contribution in [2.24, 2.45) is 0 Å². The van der Waals surface area contributed by atoms with Crippen LogP contribution in [0.25, 0.3) is 0 Å². The fourth-order valence-electron chi connectivity index (χ4n) is 3.85. The number of carbonyl (C=O) groups excluding carboxylic acids is 2. The fourth-order valence-corrected chi connectivity index (χ4v) is 3.85. The maximum atomic E-state index is 12.7. The zero-order chi connectivity index (χ0) is 16.8. The second-order valence-electron chi connectivity index (χ2n) is 6.56. The van der Waals surface area contributed by atoms with Gasteiger partial charge in [-0.2, -0.15) is 0 Å². The molecular weight excluding hydrogens is 308 g/mol. The van der Waals surface area contributed by atoms with Gasteiger partial charge in [0.15, 0.2) is 17.3 Å². The first-order chi connectivity index (χ1) is 11.6. The average molecular weight is 328 g/mol. The third kappa shape index (κ3) is 2.29. The standard InChI is InChI=1S/C18H20N2O4/c1-19(2)20-13-4-3-5-14(21)18(13)12(9-17(20)22)11-6-7-15-16(8-11)24-10-23-15/h6-8,12H,3-5,9-10H2,1-2H3. The summed E-state index contributed by atoms with van der Waals surface area (Å²) in [6, 6.07) is 5.69. The Balaban J connectivity index is 1.81. The summed E-state index contributed by atoms with van der Waals surface area (Å²) in [4.78, 5) is 25.3. The van der Waals surface area contributed by atoms with Crippen molar-refractivity contribution in [3.05, 3.63) is 35.0 Å². The van der Waals surface area contributed by atoms with E-state index < -0.39 is 0 Å². The number of ether oxygens (including phenoxy) is 2. The molecule has 126 valence electrons. The van der Waals surface area contributed by atoms with Gasteiger partial charge in [0.25, 0.3) is 0 Å². The summed E-state index contributed by atoms with van der Waals surface area (Å²) in [6.45, 7) is 0.212. The fraction of sp³-hybridized carbons (Fsp3) is 0.444. The first-order valence-electron chi connectivity index (χ1n) is 8.22. The summed E-state index contributed by atoms with van der Waals surface area (Å²) in [7, 11) is 3.67. The minimum atomic E-state index is -0.203. The van der Waals surface area contributed by atoms with Crippen molar-refractivity contribution in [1.82, 2.24) is 10.0 Å². The molecule has 6 nitrogen and oxygen atoms in total. The lowest BCUT2D eigenvalue weighted by Gasteiger charge is -2.41. The van der Waals surface area contributed by atoms with Gasteiger partial charge in [-0.3, -0.25) is 9.59 Å². The van der Waals surface area contributed by atoms with E-state index in [4.69, 9.17) is 9.47 Å². The van der Waals surface area contributed by atoms with E-state index >= 15 is 0 Å². The maximum Gasteiger partial charge on any atom is 0.242 e. The van der Waals surface area contributed by atoms with Gasteiger partial charge in [0.1, 0.15) is 0 Å². The van der Waals surface area contributed by atoms with Crippen molar-refractivity contribution in [2.75, 3.05) is 20.9 Å². The van der Waals surface area contributed by atoms with E-state index in [9.17, 15) is 9.59 Å². The van der Waals surface area contributed by atoms with Crippen molar-refractivity contribution in [2.45, 2.75) is 31.6 Å². The second-order valence-corrected chi connectivity index (χ2v) is 6.56. The lowest BCUT2D eigenvalue weighted by atomic mass is 9.77. The quantitative estimate of drug-likeness (QED) is 0.833. The maximum absolute atomic E-state index is 12.7. The van der Waals surface area contributed by atoms with Gasteiger partial charge in [-0.1, -0.05) is 6.07 Å². The summed E-state index contributed by atoms with van der Waals surface area (Å²) in [5.41, 5.74) is 2.58. The molecule has 0 N–H and O–H groups in total. The van der Waals surface area contributed by atoms with Gasteiger partial charge in [-0.25, -0.2) is 10.0 Å². The topological polar surface area (TPSA) is 59.1 Å². The highest BCUT2D eigenvalue weighted by molar-refractivity contribution is 6.01. The van der Waals surface area contributed by atoms with Crippen LogP contribution in [-0.2, 0) is 9.59 Å². The Labute approximate surface area is 140 Å². The van der Waals surface area contributed by atoms with Crippen LogP contribution in [0.5, 0.6) is 11.5 Å². The van der Waals surface area contributed by atoms with Gasteiger partial charge in [-0.05, 0) is 30.5 Å². The van der Waals surface area contributed by atoms with Crippen molar-refractivity contribution in [3.63, 3.8) is 0 Å². The molecule has 1 aromatic rings. The molecule has 1 amide bonds. The molecule has 0 saturated carbocycles. The zero-order valence-electron chi connectivity index (χ0n) is 13.9. The summed E-state index contributed by atoms with van der Waals surface area (Å²) in [6.07, 6.45) is 2.40. The molecule has 1 atom stereocenters. The van der Waals surface area contributed by atoms with Crippen LogP contribution in [0.4, 0.5) is 0 Å². The smallest absolute Gasteiger partial charge is 0.242 e. The largest absolute Gasteiger partial charge is 0.454 e. The Hall–Kier alpha value is -2.34. The van der Waals surface area contributed by atoms with Crippen LogP contribution in [-0.4, -0.2) is 42.6 Å². The summed E-state index contributed by atoms with van der Waals surface area (Å²) >= 11 is 0. The molecule has 4 rings (SSSR count). The number of rotatable bonds is 2. The van der Waals surface area contributed by atoms with Gasteiger partial charge in [0.2, 0.25) is 12.7 Å². The van der Waals surface area contributed by atoms with Crippen LogP contribution >= 0.6 is 0 Å². The number of nitrogens with zero attached hydrogens (tertiary/aromatic N) is 2. The SMILES string of the molecule is CN(C)N1C(=O)CC(c2ccc3c(c2)OCO3)C2=C1CCCC2=O. The predicted molar refractivity (Wildman–Crippen MR) is 86.3 cm³/mol. The molecule has 3 aliphatic rings. The first kappa shape index (κ1) is 15.2. The lowest BCUT2D eigenvalue weighted by molar-refractivity contribution is -0.143. The number of amides is 1. The van der Waals surface area contributed by atoms with Crippen LogP contribution in [0.2, 0.25) is 0 Å². The third-order valence-corrected chi connectivity index (χ3v) is 4.85. The molecule has 24 heavy (non-hydrogen) atoms.